The first-order valence-electron chi connectivity index (χ1n) is 5.07. The number of hydrogen-bond donors (Lipinski definition) is 1. The Morgan fingerprint density at radius 2 is 2.00 bits per heavy atom. The standard InChI is InChI=1S/C10H22N2/c1-8(11)9(2)12(3)7-10-5-4-6-10/h8-10H,4-7,11H2,1-3H3. The van der Waals surface area contributed by atoms with Crippen molar-refractivity contribution in [1.82, 2.24) is 4.90 Å². The van der Waals surface area contributed by atoms with Crippen LogP contribution in [-0.2, 0) is 0 Å². The van der Waals surface area contributed by atoms with Crippen LogP contribution >= 0.6 is 0 Å². The van der Waals surface area contributed by atoms with Gasteiger partial charge in [0.2, 0.25) is 0 Å². The lowest BCUT2D eigenvalue weighted by Gasteiger charge is -2.34. The van der Waals surface area contributed by atoms with Gasteiger partial charge in [0.25, 0.3) is 0 Å². The maximum Gasteiger partial charge on any atom is 0.0213 e. The molecule has 2 atom stereocenters. The van der Waals surface area contributed by atoms with Gasteiger partial charge < -0.3 is 10.6 Å². The Hall–Kier alpha value is -0.0800. The topological polar surface area (TPSA) is 29.3 Å². The molecule has 0 aliphatic heterocycles. The van der Waals surface area contributed by atoms with Crippen LogP contribution in [0.15, 0.2) is 0 Å². The SMILES string of the molecule is CC(N)C(C)N(C)CC1CCC1. The summed E-state index contributed by atoms with van der Waals surface area (Å²) in [5.41, 5.74) is 5.83. The van der Waals surface area contributed by atoms with Crippen molar-refractivity contribution in [1.29, 1.82) is 0 Å². The highest BCUT2D eigenvalue weighted by atomic mass is 15.1. The van der Waals surface area contributed by atoms with E-state index in [-0.39, 0.29) is 6.04 Å². The fourth-order valence-electron chi connectivity index (χ4n) is 1.65. The minimum absolute atomic E-state index is 0.287. The lowest BCUT2D eigenvalue weighted by atomic mass is 9.85. The fourth-order valence-corrected chi connectivity index (χ4v) is 1.65. The number of rotatable bonds is 4. The molecule has 0 aromatic rings. The average molecular weight is 170 g/mol. The van der Waals surface area contributed by atoms with Gasteiger partial charge in [-0.1, -0.05) is 6.42 Å². The number of hydrogen-bond acceptors (Lipinski definition) is 2. The zero-order valence-electron chi connectivity index (χ0n) is 8.59. The molecule has 1 aliphatic rings. The highest BCUT2D eigenvalue weighted by Gasteiger charge is 2.22. The molecule has 0 bridgehead atoms. The molecule has 0 radical (unpaired) electrons. The summed E-state index contributed by atoms with van der Waals surface area (Å²) < 4.78 is 0. The van der Waals surface area contributed by atoms with Gasteiger partial charge in [-0.05, 0) is 39.7 Å². The Bertz CT molecular complexity index is 130. The maximum absolute atomic E-state index is 5.83. The second kappa shape index (κ2) is 4.24. The zero-order valence-corrected chi connectivity index (χ0v) is 8.59. The molecule has 0 amide bonds. The van der Waals surface area contributed by atoms with Crippen LogP contribution < -0.4 is 5.73 Å². The summed E-state index contributed by atoms with van der Waals surface area (Å²) in [6.45, 7) is 5.54. The quantitative estimate of drug-likeness (QED) is 0.692. The third kappa shape index (κ3) is 2.46. The maximum atomic E-state index is 5.83. The number of likely N-dealkylation sites (N-methyl/N-ethyl adjacent to an activating group) is 1. The van der Waals surface area contributed by atoms with Crippen LogP contribution in [0.5, 0.6) is 0 Å². The first-order chi connectivity index (χ1) is 5.61. The highest BCUT2D eigenvalue weighted by Crippen LogP contribution is 2.27. The van der Waals surface area contributed by atoms with E-state index in [0.717, 1.165) is 5.92 Å². The van der Waals surface area contributed by atoms with E-state index in [9.17, 15) is 0 Å². The smallest absolute Gasteiger partial charge is 0.0213 e. The van der Waals surface area contributed by atoms with Crippen molar-refractivity contribution in [2.24, 2.45) is 11.7 Å². The van der Waals surface area contributed by atoms with Crippen molar-refractivity contribution in [3.63, 3.8) is 0 Å². The van der Waals surface area contributed by atoms with E-state index in [2.05, 4.69) is 25.8 Å². The van der Waals surface area contributed by atoms with E-state index in [1.165, 1.54) is 25.8 Å². The fraction of sp³-hybridized carbons (Fsp3) is 1.00. The molecular formula is C10H22N2. The second-order valence-corrected chi connectivity index (χ2v) is 4.34. The van der Waals surface area contributed by atoms with Crippen LogP contribution in [0.25, 0.3) is 0 Å². The first-order valence-corrected chi connectivity index (χ1v) is 5.07. The van der Waals surface area contributed by atoms with Crippen LogP contribution in [0.4, 0.5) is 0 Å². The molecule has 1 fully saturated rings. The molecule has 0 aromatic heterocycles. The zero-order chi connectivity index (χ0) is 9.14. The Morgan fingerprint density at radius 1 is 1.42 bits per heavy atom. The van der Waals surface area contributed by atoms with Gasteiger partial charge in [0.15, 0.2) is 0 Å². The summed E-state index contributed by atoms with van der Waals surface area (Å²) in [4.78, 5) is 2.40. The van der Waals surface area contributed by atoms with E-state index in [1.807, 2.05) is 0 Å². The van der Waals surface area contributed by atoms with Crippen LogP contribution in [0, 0.1) is 5.92 Å². The van der Waals surface area contributed by atoms with E-state index < -0.39 is 0 Å². The van der Waals surface area contributed by atoms with Crippen molar-refractivity contribution in [3.05, 3.63) is 0 Å². The Balaban J connectivity index is 2.21. The molecule has 0 saturated heterocycles. The summed E-state index contributed by atoms with van der Waals surface area (Å²) in [6.07, 6.45) is 4.29. The first kappa shape index (κ1) is 10.0. The summed E-state index contributed by atoms with van der Waals surface area (Å²) in [7, 11) is 2.19. The molecule has 0 heterocycles. The monoisotopic (exact) mass is 170 g/mol. The largest absolute Gasteiger partial charge is 0.327 e. The molecule has 72 valence electrons. The van der Waals surface area contributed by atoms with Gasteiger partial charge in [-0.3, -0.25) is 0 Å². The van der Waals surface area contributed by atoms with Crippen molar-refractivity contribution in [2.45, 2.75) is 45.2 Å². The van der Waals surface area contributed by atoms with E-state index in [1.54, 1.807) is 0 Å². The minimum Gasteiger partial charge on any atom is -0.327 e. The molecule has 12 heavy (non-hydrogen) atoms. The average Bonchev–Trinajstić information content (AvgIpc) is 1.94. The molecule has 1 saturated carbocycles. The lowest BCUT2D eigenvalue weighted by molar-refractivity contribution is 0.157. The Labute approximate surface area is 76.1 Å². The van der Waals surface area contributed by atoms with Crippen molar-refractivity contribution < 1.29 is 0 Å². The predicted octanol–water partition coefficient (Wildman–Crippen LogP) is 1.45. The highest BCUT2D eigenvalue weighted by molar-refractivity contribution is 4.78. The third-order valence-corrected chi connectivity index (χ3v) is 3.23. The normalized spacial score (nSPS) is 23.8. The van der Waals surface area contributed by atoms with Crippen LogP contribution in [-0.4, -0.2) is 30.6 Å². The van der Waals surface area contributed by atoms with Gasteiger partial charge in [0.05, 0.1) is 0 Å². The summed E-state index contributed by atoms with van der Waals surface area (Å²) in [6, 6.07) is 0.806. The second-order valence-electron chi connectivity index (χ2n) is 4.34. The minimum atomic E-state index is 0.287. The molecule has 2 heteroatoms. The van der Waals surface area contributed by atoms with Gasteiger partial charge in [-0.25, -0.2) is 0 Å². The van der Waals surface area contributed by atoms with E-state index >= 15 is 0 Å². The van der Waals surface area contributed by atoms with Gasteiger partial charge in [0.1, 0.15) is 0 Å². The van der Waals surface area contributed by atoms with E-state index in [0.29, 0.717) is 6.04 Å². The molecular weight excluding hydrogens is 148 g/mol. The van der Waals surface area contributed by atoms with Crippen molar-refractivity contribution in [3.8, 4) is 0 Å². The van der Waals surface area contributed by atoms with Crippen molar-refractivity contribution in [2.75, 3.05) is 13.6 Å². The van der Waals surface area contributed by atoms with Crippen LogP contribution in [0.3, 0.4) is 0 Å². The van der Waals surface area contributed by atoms with Gasteiger partial charge in [-0.2, -0.15) is 0 Å². The molecule has 2 N–H and O–H groups in total. The summed E-state index contributed by atoms with van der Waals surface area (Å²) in [5.74, 6) is 0.955. The summed E-state index contributed by atoms with van der Waals surface area (Å²) in [5, 5.41) is 0. The molecule has 1 aliphatic carbocycles. The van der Waals surface area contributed by atoms with Gasteiger partial charge in [-0.15, -0.1) is 0 Å². The molecule has 0 aromatic carbocycles. The predicted molar refractivity (Wildman–Crippen MR) is 53.1 cm³/mol. The van der Waals surface area contributed by atoms with Gasteiger partial charge in [0, 0.05) is 18.6 Å². The number of nitrogens with zero attached hydrogens (tertiary/aromatic N) is 1. The Morgan fingerprint density at radius 3 is 2.33 bits per heavy atom. The van der Waals surface area contributed by atoms with Crippen molar-refractivity contribution >= 4 is 0 Å². The van der Waals surface area contributed by atoms with E-state index in [4.69, 9.17) is 5.73 Å². The van der Waals surface area contributed by atoms with Crippen LogP contribution in [0.1, 0.15) is 33.1 Å². The lowest BCUT2D eigenvalue weighted by Crippen LogP contribution is -2.44. The Kier molecular flexibility index (Phi) is 3.53. The van der Waals surface area contributed by atoms with Gasteiger partial charge >= 0.3 is 0 Å². The van der Waals surface area contributed by atoms with Crippen LogP contribution in [0.2, 0.25) is 0 Å². The number of nitrogens with two attached hydrogens (primary N) is 1. The molecule has 0 spiro atoms. The summed E-state index contributed by atoms with van der Waals surface area (Å²) >= 11 is 0. The molecule has 2 unspecified atom stereocenters. The molecule has 1 rings (SSSR count). The third-order valence-electron chi connectivity index (χ3n) is 3.23. The molecule has 2 nitrogen and oxygen atoms in total.